The van der Waals surface area contributed by atoms with Crippen LogP contribution >= 0.6 is 0 Å². The predicted molar refractivity (Wildman–Crippen MR) is 59.6 cm³/mol. The maximum Gasteiger partial charge on any atom is 0.234 e. The van der Waals surface area contributed by atoms with Gasteiger partial charge in [0.1, 0.15) is 0 Å². The fourth-order valence-electron chi connectivity index (χ4n) is 1.88. The van der Waals surface area contributed by atoms with Gasteiger partial charge in [-0.1, -0.05) is 18.2 Å². The maximum absolute atomic E-state index is 11.7. The summed E-state index contributed by atoms with van der Waals surface area (Å²) in [6.07, 6.45) is 0.248. The van der Waals surface area contributed by atoms with Gasteiger partial charge >= 0.3 is 0 Å². The van der Waals surface area contributed by atoms with E-state index in [1.165, 1.54) is 0 Å². The van der Waals surface area contributed by atoms with E-state index in [9.17, 15) is 9.59 Å². The summed E-state index contributed by atoms with van der Waals surface area (Å²) in [6, 6.07) is 6.58. The molecular weight excluding hydrogens is 206 g/mol. The first-order valence-corrected chi connectivity index (χ1v) is 5.04. The highest BCUT2D eigenvalue weighted by Gasteiger charge is 2.32. The largest absolute Gasteiger partial charge is 0.368 e. The molecule has 2 unspecified atom stereocenters. The van der Waals surface area contributed by atoms with Crippen LogP contribution in [0.5, 0.6) is 0 Å². The number of carbonyl (C=O) groups is 2. The van der Waals surface area contributed by atoms with Gasteiger partial charge < -0.3 is 16.8 Å². The van der Waals surface area contributed by atoms with Gasteiger partial charge in [-0.25, -0.2) is 0 Å². The summed E-state index contributed by atoms with van der Waals surface area (Å²) in [5.74, 6) is -1.09. The van der Waals surface area contributed by atoms with Crippen LogP contribution in [0.3, 0.4) is 0 Å². The molecule has 5 nitrogen and oxygen atoms in total. The molecule has 84 valence electrons. The van der Waals surface area contributed by atoms with Crippen molar-refractivity contribution in [2.45, 2.75) is 18.4 Å². The fourth-order valence-corrected chi connectivity index (χ4v) is 1.88. The van der Waals surface area contributed by atoms with Crippen LogP contribution in [-0.4, -0.2) is 17.9 Å². The molecule has 0 aromatic heterocycles. The summed E-state index contributed by atoms with van der Waals surface area (Å²) >= 11 is 0. The van der Waals surface area contributed by atoms with Crippen molar-refractivity contribution in [3.05, 3.63) is 29.8 Å². The Morgan fingerprint density at radius 2 is 2.12 bits per heavy atom. The molecule has 2 rings (SSSR count). The van der Waals surface area contributed by atoms with Crippen molar-refractivity contribution in [1.82, 2.24) is 0 Å². The Bertz CT molecular complexity index is 445. The Kier molecular flexibility index (Phi) is 2.62. The minimum Gasteiger partial charge on any atom is -0.368 e. The molecule has 5 N–H and O–H groups in total. The Labute approximate surface area is 92.8 Å². The van der Waals surface area contributed by atoms with Gasteiger partial charge in [-0.2, -0.15) is 0 Å². The standard InChI is InChI=1S/C11H13N3O2/c12-8(10(13)15)5-7-6-3-1-2-4-9(6)14-11(7)16/h1-4,7-8H,5,12H2,(H2,13,15)(H,14,16). The zero-order valence-electron chi connectivity index (χ0n) is 8.64. The number of nitrogens with one attached hydrogen (secondary N) is 1. The number of nitrogens with two attached hydrogens (primary N) is 2. The third-order valence-corrected chi connectivity index (χ3v) is 2.77. The van der Waals surface area contributed by atoms with Gasteiger partial charge in [0.2, 0.25) is 11.8 Å². The molecule has 0 fully saturated rings. The molecule has 16 heavy (non-hydrogen) atoms. The summed E-state index contributed by atoms with van der Waals surface area (Å²) in [6.45, 7) is 0. The van der Waals surface area contributed by atoms with E-state index in [0.29, 0.717) is 0 Å². The number of hydrogen-bond acceptors (Lipinski definition) is 3. The lowest BCUT2D eigenvalue weighted by atomic mass is 9.93. The topological polar surface area (TPSA) is 98.2 Å². The van der Waals surface area contributed by atoms with Crippen molar-refractivity contribution in [1.29, 1.82) is 0 Å². The first-order chi connectivity index (χ1) is 7.59. The second kappa shape index (κ2) is 3.94. The Morgan fingerprint density at radius 1 is 1.44 bits per heavy atom. The van der Waals surface area contributed by atoms with Crippen molar-refractivity contribution < 1.29 is 9.59 Å². The van der Waals surface area contributed by atoms with Crippen LogP contribution in [0.2, 0.25) is 0 Å². The molecule has 1 aromatic carbocycles. The van der Waals surface area contributed by atoms with E-state index in [2.05, 4.69) is 5.32 Å². The molecule has 1 aromatic rings. The van der Waals surface area contributed by atoms with Crippen LogP contribution in [0, 0.1) is 0 Å². The van der Waals surface area contributed by atoms with Gasteiger partial charge in [-0.3, -0.25) is 9.59 Å². The average Bonchev–Trinajstić information content (AvgIpc) is 2.55. The van der Waals surface area contributed by atoms with Crippen LogP contribution in [0.4, 0.5) is 5.69 Å². The van der Waals surface area contributed by atoms with E-state index >= 15 is 0 Å². The number of rotatable bonds is 3. The normalized spacial score (nSPS) is 20.1. The monoisotopic (exact) mass is 219 g/mol. The van der Waals surface area contributed by atoms with E-state index in [-0.39, 0.29) is 18.2 Å². The Morgan fingerprint density at radius 3 is 2.81 bits per heavy atom. The van der Waals surface area contributed by atoms with Crippen LogP contribution in [0.25, 0.3) is 0 Å². The van der Waals surface area contributed by atoms with Gasteiger partial charge in [0, 0.05) is 5.69 Å². The van der Waals surface area contributed by atoms with E-state index in [1.54, 1.807) is 0 Å². The number of benzene rings is 1. The summed E-state index contributed by atoms with van der Waals surface area (Å²) < 4.78 is 0. The highest BCUT2D eigenvalue weighted by Crippen LogP contribution is 2.34. The zero-order valence-corrected chi connectivity index (χ0v) is 8.64. The van der Waals surface area contributed by atoms with Gasteiger partial charge in [-0.15, -0.1) is 0 Å². The zero-order chi connectivity index (χ0) is 11.7. The first-order valence-electron chi connectivity index (χ1n) is 5.04. The highest BCUT2D eigenvalue weighted by molar-refractivity contribution is 6.03. The van der Waals surface area contributed by atoms with Crippen molar-refractivity contribution in [2.75, 3.05) is 5.32 Å². The number of anilines is 1. The lowest BCUT2D eigenvalue weighted by Crippen LogP contribution is -2.38. The Hall–Kier alpha value is -1.88. The van der Waals surface area contributed by atoms with Crippen molar-refractivity contribution in [2.24, 2.45) is 11.5 Å². The van der Waals surface area contributed by atoms with Crippen molar-refractivity contribution in [3.63, 3.8) is 0 Å². The van der Waals surface area contributed by atoms with E-state index in [1.807, 2.05) is 24.3 Å². The van der Waals surface area contributed by atoms with Crippen molar-refractivity contribution in [3.8, 4) is 0 Å². The van der Waals surface area contributed by atoms with E-state index < -0.39 is 11.9 Å². The van der Waals surface area contributed by atoms with E-state index in [0.717, 1.165) is 11.3 Å². The molecule has 5 heteroatoms. The summed E-state index contributed by atoms with van der Waals surface area (Å²) in [5.41, 5.74) is 12.3. The molecule has 2 atom stereocenters. The summed E-state index contributed by atoms with van der Waals surface area (Å²) in [5, 5.41) is 2.75. The molecule has 0 radical (unpaired) electrons. The van der Waals surface area contributed by atoms with Gasteiger partial charge in [0.15, 0.2) is 0 Å². The number of primary amides is 1. The lowest BCUT2D eigenvalue weighted by molar-refractivity contribution is -0.120. The van der Waals surface area contributed by atoms with E-state index in [4.69, 9.17) is 11.5 Å². The molecule has 0 bridgehead atoms. The molecule has 0 spiro atoms. The van der Waals surface area contributed by atoms with Crippen LogP contribution in [-0.2, 0) is 9.59 Å². The quantitative estimate of drug-likeness (QED) is 0.663. The average molecular weight is 219 g/mol. The minimum atomic E-state index is -0.790. The minimum absolute atomic E-state index is 0.127. The Balaban J connectivity index is 2.22. The molecule has 1 heterocycles. The molecule has 1 aliphatic heterocycles. The number of para-hydroxylation sites is 1. The number of fused-ring (bicyclic) bond motifs is 1. The molecule has 0 saturated carbocycles. The smallest absolute Gasteiger partial charge is 0.234 e. The molecular formula is C11H13N3O2. The van der Waals surface area contributed by atoms with Crippen LogP contribution in [0.15, 0.2) is 24.3 Å². The second-order valence-corrected chi connectivity index (χ2v) is 3.87. The van der Waals surface area contributed by atoms with Gasteiger partial charge in [0.25, 0.3) is 0 Å². The van der Waals surface area contributed by atoms with Crippen LogP contribution < -0.4 is 16.8 Å². The molecule has 0 aliphatic carbocycles. The fraction of sp³-hybridized carbons (Fsp3) is 0.273. The number of amides is 2. The van der Waals surface area contributed by atoms with Crippen molar-refractivity contribution >= 4 is 17.5 Å². The third-order valence-electron chi connectivity index (χ3n) is 2.77. The van der Waals surface area contributed by atoms with Crippen LogP contribution in [0.1, 0.15) is 17.9 Å². The predicted octanol–water partition coefficient (Wildman–Crippen LogP) is -0.0750. The molecule has 0 saturated heterocycles. The third kappa shape index (κ3) is 1.77. The lowest BCUT2D eigenvalue weighted by Gasteiger charge is -2.12. The van der Waals surface area contributed by atoms with Gasteiger partial charge in [-0.05, 0) is 18.1 Å². The number of hydrogen-bond donors (Lipinski definition) is 3. The summed E-state index contributed by atoms with van der Waals surface area (Å²) in [4.78, 5) is 22.5. The molecule has 2 amide bonds. The maximum atomic E-state index is 11.7. The highest BCUT2D eigenvalue weighted by atomic mass is 16.2. The van der Waals surface area contributed by atoms with Gasteiger partial charge in [0.05, 0.1) is 12.0 Å². The number of carbonyl (C=O) groups excluding carboxylic acids is 2. The SMILES string of the molecule is NC(=O)C(N)CC1C(=O)Nc2ccccc21. The summed E-state index contributed by atoms with van der Waals surface area (Å²) in [7, 11) is 0. The first kappa shape index (κ1) is 10.6. The molecule has 1 aliphatic rings. The second-order valence-electron chi connectivity index (χ2n) is 3.87.